The molecule has 3 nitrogen and oxygen atoms in total. The lowest BCUT2D eigenvalue weighted by molar-refractivity contribution is -0.125. The van der Waals surface area contributed by atoms with Gasteiger partial charge in [0.15, 0.2) is 0 Å². The minimum absolute atomic E-state index is 0.567. The summed E-state index contributed by atoms with van der Waals surface area (Å²) >= 11 is 0. The Hall–Kier alpha value is -1.01. The van der Waals surface area contributed by atoms with E-state index in [1.54, 1.807) is 5.92 Å². The normalized spacial score (nSPS) is 6.86. The molecule has 7 heavy (non-hydrogen) atoms. The summed E-state index contributed by atoms with van der Waals surface area (Å²) in [5, 5.41) is 0. The number of carbonyl (C=O) groups excluding carboxylic acids is 1. The largest absolute Gasteiger partial charge is 0.319 e. The minimum atomic E-state index is -0.567. The van der Waals surface area contributed by atoms with Crippen molar-refractivity contribution < 1.29 is 9.63 Å². The molecule has 0 aliphatic heterocycles. The van der Waals surface area contributed by atoms with Crippen LogP contribution in [-0.2, 0) is 9.63 Å². The van der Waals surface area contributed by atoms with Gasteiger partial charge in [0.05, 0.1) is 7.11 Å². The highest BCUT2D eigenvalue weighted by Gasteiger charge is 1.85. The lowest BCUT2D eigenvalue weighted by Crippen LogP contribution is -2.18. The minimum Gasteiger partial charge on any atom is -0.276 e. The van der Waals surface area contributed by atoms with Crippen LogP contribution in [0.4, 0.5) is 0 Å². The lowest BCUT2D eigenvalue weighted by Gasteiger charge is -1.89. The van der Waals surface area contributed by atoms with Gasteiger partial charge in [-0.2, -0.15) is 0 Å². The molecule has 0 aliphatic rings. The van der Waals surface area contributed by atoms with E-state index in [9.17, 15) is 4.79 Å². The molecule has 38 valence electrons. The first kappa shape index (κ1) is 5.99. The van der Waals surface area contributed by atoms with E-state index in [-0.39, 0.29) is 0 Å². The molecule has 0 radical (unpaired) electrons. The van der Waals surface area contributed by atoms with Crippen LogP contribution in [0.5, 0.6) is 0 Å². The van der Waals surface area contributed by atoms with Gasteiger partial charge in [-0.05, 0) is 5.92 Å². The van der Waals surface area contributed by atoms with E-state index >= 15 is 0 Å². The van der Waals surface area contributed by atoms with Crippen molar-refractivity contribution in [2.45, 2.75) is 0 Å². The van der Waals surface area contributed by atoms with E-state index in [0.717, 1.165) is 0 Å². The second-order valence-corrected chi connectivity index (χ2v) is 0.780. The van der Waals surface area contributed by atoms with Gasteiger partial charge in [-0.3, -0.25) is 9.63 Å². The standard InChI is InChI=1S/C4H5NO2/c1-3-4(6)5-7-2/h1H,2H3,(H,5,6). The summed E-state index contributed by atoms with van der Waals surface area (Å²) in [7, 11) is 1.31. The summed E-state index contributed by atoms with van der Waals surface area (Å²) < 4.78 is 0. The van der Waals surface area contributed by atoms with Crippen LogP contribution < -0.4 is 5.48 Å². The van der Waals surface area contributed by atoms with Crippen molar-refractivity contribution in [2.24, 2.45) is 0 Å². The molecule has 0 aromatic rings. The Bertz CT molecular complexity index is 103. The van der Waals surface area contributed by atoms with Gasteiger partial charge in [-0.25, -0.2) is 5.48 Å². The molecule has 0 unspecified atom stereocenters. The first-order chi connectivity index (χ1) is 3.31. The maximum atomic E-state index is 9.94. The molecular weight excluding hydrogens is 94.0 g/mol. The van der Waals surface area contributed by atoms with Crippen LogP contribution in [0.25, 0.3) is 0 Å². The summed E-state index contributed by atoms with van der Waals surface area (Å²) in [5.74, 6) is 1.22. The summed E-state index contributed by atoms with van der Waals surface area (Å²) in [5.41, 5.74) is 1.92. The van der Waals surface area contributed by atoms with Crippen LogP contribution in [0.2, 0.25) is 0 Å². The molecule has 0 fully saturated rings. The highest BCUT2D eigenvalue weighted by Crippen LogP contribution is 1.55. The van der Waals surface area contributed by atoms with Crippen LogP contribution in [0.15, 0.2) is 0 Å². The van der Waals surface area contributed by atoms with Gasteiger partial charge in [0.25, 0.3) is 0 Å². The highest BCUT2D eigenvalue weighted by molar-refractivity contribution is 5.91. The van der Waals surface area contributed by atoms with Gasteiger partial charge in [-0.15, -0.1) is 6.42 Å². The Morgan fingerprint density at radius 2 is 2.57 bits per heavy atom. The van der Waals surface area contributed by atoms with Gasteiger partial charge in [0.2, 0.25) is 0 Å². The Balaban J connectivity index is 3.24. The van der Waals surface area contributed by atoms with E-state index in [4.69, 9.17) is 0 Å². The zero-order chi connectivity index (χ0) is 5.70. The third kappa shape index (κ3) is 2.80. The molecule has 1 amide bonds. The number of hydrogen-bond acceptors (Lipinski definition) is 2. The van der Waals surface area contributed by atoms with Crippen molar-refractivity contribution in [3.05, 3.63) is 0 Å². The first-order valence-corrected chi connectivity index (χ1v) is 1.61. The van der Waals surface area contributed by atoms with E-state index < -0.39 is 5.91 Å². The van der Waals surface area contributed by atoms with Gasteiger partial charge < -0.3 is 0 Å². The van der Waals surface area contributed by atoms with Gasteiger partial charge in [0, 0.05) is 0 Å². The summed E-state index contributed by atoms with van der Waals surface area (Å²) in [6, 6.07) is 0. The second-order valence-electron chi connectivity index (χ2n) is 0.780. The quantitative estimate of drug-likeness (QED) is 0.348. The molecule has 1 N–H and O–H groups in total. The number of carbonyl (C=O) groups is 1. The lowest BCUT2D eigenvalue weighted by atomic mass is 10.7. The summed E-state index contributed by atoms with van der Waals surface area (Å²) in [4.78, 5) is 14.1. The fourth-order valence-electron chi connectivity index (χ4n) is 0.122. The molecule has 0 aromatic carbocycles. The molecule has 0 atom stereocenters. The summed E-state index contributed by atoms with van der Waals surface area (Å²) in [6.45, 7) is 0. The average molecular weight is 99.1 g/mol. The third-order valence-corrected chi connectivity index (χ3v) is 0.326. The van der Waals surface area contributed by atoms with Crippen LogP contribution in [0.3, 0.4) is 0 Å². The zero-order valence-corrected chi connectivity index (χ0v) is 3.89. The monoisotopic (exact) mass is 99.0 g/mol. The number of hydroxylamine groups is 1. The molecule has 0 aliphatic carbocycles. The maximum Gasteiger partial charge on any atom is 0.319 e. The number of nitrogens with one attached hydrogen (secondary N) is 1. The zero-order valence-electron chi connectivity index (χ0n) is 3.89. The molecule has 0 heterocycles. The molecule has 3 heteroatoms. The molecule has 0 aromatic heterocycles. The van der Waals surface area contributed by atoms with E-state index in [0.29, 0.717) is 0 Å². The van der Waals surface area contributed by atoms with Gasteiger partial charge in [0.1, 0.15) is 0 Å². The van der Waals surface area contributed by atoms with Crippen molar-refractivity contribution in [1.29, 1.82) is 0 Å². The Kier molecular flexibility index (Phi) is 2.73. The smallest absolute Gasteiger partial charge is 0.276 e. The number of amides is 1. The first-order valence-electron chi connectivity index (χ1n) is 1.61. The maximum absolute atomic E-state index is 9.94. The Morgan fingerprint density at radius 3 is 2.71 bits per heavy atom. The van der Waals surface area contributed by atoms with Gasteiger partial charge >= 0.3 is 5.91 Å². The van der Waals surface area contributed by atoms with Crippen molar-refractivity contribution in [1.82, 2.24) is 5.48 Å². The van der Waals surface area contributed by atoms with Crippen LogP contribution in [-0.4, -0.2) is 13.0 Å². The molecule has 0 saturated heterocycles. The van der Waals surface area contributed by atoms with E-state index in [2.05, 4.69) is 11.3 Å². The van der Waals surface area contributed by atoms with E-state index in [1.807, 2.05) is 5.48 Å². The SMILES string of the molecule is C#CC(=O)NOC. The fourth-order valence-corrected chi connectivity index (χ4v) is 0.122. The molecule has 0 rings (SSSR count). The molecular formula is C4H5NO2. The topological polar surface area (TPSA) is 38.3 Å². The third-order valence-electron chi connectivity index (χ3n) is 0.326. The molecule has 0 bridgehead atoms. The molecule has 0 saturated carbocycles. The Labute approximate surface area is 41.6 Å². The van der Waals surface area contributed by atoms with Crippen molar-refractivity contribution in [3.63, 3.8) is 0 Å². The van der Waals surface area contributed by atoms with Crippen LogP contribution >= 0.6 is 0 Å². The average Bonchev–Trinajstić information content (AvgIpc) is 1.68. The van der Waals surface area contributed by atoms with E-state index in [1.165, 1.54) is 7.11 Å². The van der Waals surface area contributed by atoms with Crippen LogP contribution in [0, 0.1) is 12.3 Å². The second kappa shape index (κ2) is 3.19. The number of terminal acetylenes is 1. The van der Waals surface area contributed by atoms with Crippen molar-refractivity contribution >= 4 is 5.91 Å². The number of hydrogen-bond donors (Lipinski definition) is 1. The number of rotatable bonds is 1. The Morgan fingerprint density at radius 1 is 2.00 bits per heavy atom. The molecule has 0 spiro atoms. The van der Waals surface area contributed by atoms with Gasteiger partial charge in [-0.1, -0.05) is 0 Å². The van der Waals surface area contributed by atoms with Crippen LogP contribution in [0.1, 0.15) is 0 Å². The predicted octanol–water partition coefficient (Wildman–Crippen LogP) is -0.703. The fraction of sp³-hybridized carbons (Fsp3) is 0.250. The highest BCUT2D eigenvalue weighted by atomic mass is 16.6. The summed E-state index contributed by atoms with van der Waals surface area (Å²) in [6.07, 6.45) is 4.62. The van der Waals surface area contributed by atoms with Crippen molar-refractivity contribution in [3.8, 4) is 12.3 Å². The predicted molar refractivity (Wildman–Crippen MR) is 24.0 cm³/mol. The van der Waals surface area contributed by atoms with Crippen molar-refractivity contribution in [2.75, 3.05) is 7.11 Å².